The van der Waals surface area contributed by atoms with E-state index in [-0.39, 0.29) is 11.9 Å². The van der Waals surface area contributed by atoms with Crippen molar-refractivity contribution in [1.29, 1.82) is 0 Å². The van der Waals surface area contributed by atoms with Gasteiger partial charge < -0.3 is 4.74 Å². The van der Waals surface area contributed by atoms with Gasteiger partial charge in [-0.05, 0) is 23.8 Å². The highest BCUT2D eigenvalue weighted by molar-refractivity contribution is 5.75. The zero-order chi connectivity index (χ0) is 11.8. The Labute approximate surface area is 101 Å². The predicted octanol–water partition coefficient (Wildman–Crippen LogP) is 2.77. The molecule has 1 aromatic rings. The molecule has 17 heavy (non-hydrogen) atoms. The second-order valence-corrected chi connectivity index (χ2v) is 4.93. The van der Waals surface area contributed by atoms with Crippen LogP contribution in [0, 0.1) is 17.8 Å². The number of hydrogen-bond donors (Lipinski definition) is 0. The first-order chi connectivity index (χ1) is 8.31. The van der Waals surface area contributed by atoms with Crippen molar-refractivity contribution in [3.05, 3.63) is 48.0 Å². The Balaban J connectivity index is 1.97. The molecule has 3 rings (SSSR count). The monoisotopic (exact) mass is 228 g/mol. The summed E-state index contributed by atoms with van der Waals surface area (Å²) in [4.78, 5) is 11.9. The molecule has 0 spiro atoms. The number of rotatable bonds is 2. The Bertz CT molecular complexity index is 449. The summed E-state index contributed by atoms with van der Waals surface area (Å²) in [7, 11) is 1.49. The van der Waals surface area contributed by atoms with Crippen LogP contribution in [0.15, 0.2) is 42.5 Å². The van der Waals surface area contributed by atoms with E-state index in [1.807, 2.05) is 18.2 Å². The third-order valence-electron chi connectivity index (χ3n) is 4.12. The minimum atomic E-state index is -0.0595. The van der Waals surface area contributed by atoms with Gasteiger partial charge in [0.25, 0.3) is 0 Å². The molecule has 1 fully saturated rings. The summed E-state index contributed by atoms with van der Waals surface area (Å²) in [6, 6.07) is 10.3. The van der Waals surface area contributed by atoms with Gasteiger partial charge in [0.05, 0.1) is 13.0 Å². The average Bonchev–Trinajstić information content (AvgIpc) is 2.99. The Kier molecular flexibility index (Phi) is 2.50. The molecule has 0 amide bonds. The number of fused-ring (bicyclic) bond motifs is 2. The summed E-state index contributed by atoms with van der Waals surface area (Å²) in [6.07, 6.45) is 5.55. The van der Waals surface area contributed by atoms with Gasteiger partial charge >= 0.3 is 5.97 Å². The van der Waals surface area contributed by atoms with Crippen LogP contribution in [0.5, 0.6) is 0 Å². The topological polar surface area (TPSA) is 26.3 Å². The number of methoxy groups -OCH3 is 1. The van der Waals surface area contributed by atoms with E-state index in [9.17, 15) is 4.79 Å². The highest BCUT2D eigenvalue weighted by Crippen LogP contribution is 2.53. The van der Waals surface area contributed by atoms with Crippen molar-refractivity contribution in [2.45, 2.75) is 12.3 Å². The maximum absolute atomic E-state index is 11.9. The zero-order valence-corrected chi connectivity index (χ0v) is 9.87. The molecule has 2 aliphatic carbocycles. The molecule has 0 saturated heterocycles. The zero-order valence-electron chi connectivity index (χ0n) is 9.87. The van der Waals surface area contributed by atoms with E-state index in [0.717, 1.165) is 6.42 Å². The quantitative estimate of drug-likeness (QED) is 0.574. The van der Waals surface area contributed by atoms with Crippen LogP contribution in [0.4, 0.5) is 0 Å². The van der Waals surface area contributed by atoms with Crippen LogP contribution in [0.1, 0.15) is 17.9 Å². The van der Waals surface area contributed by atoms with E-state index in [0.29, 0.717) is 17.8 Å². The lowest BCUT2D eigenvalue weighted by molar-refractivity contribution is -0.146. The number of ether oxygens (including phenoxy) is 1. The summed E-state index contributed by atoms with van der Waals surface area (Å²) in [5, 5.41) is 0. The van der Waals surface area contributed by atoms with Gasteiger partial charge in [0.1, 0.15) is 0 Å². The first-order valence-corrected chi connectivity index (χ1v) is 6.12. The van der Waals surface area contributed by atoms with Crippen LogP contribution in [-0.2, 0) is 9.53 Å². The van der Waals surface area contributed by atoms with Crippen molar-refractivity contribution in [2.75, 3.05) is 7.11 Å². The lowest BCUT2D eigenvalue weighted by Gasteiger charge is -2.26. The van der Waals surface area contributed by atoms with Gasteiger partial charge in [-0.25, -0.2) is 0 Å². The second kappa shape index (κ2) is 4.02. The highest BCUT2D eigenvalue weighted by atomic mass is 16.5. The summed E-state index contributed by atoms with van der Waals surface area (Å²) < 4.78 is 4.97. The SMILES string of the molecule is COC(=O)[C@H]1[C@H](c2ccccc2)[C@@H]2C=C[C@H]1C2. The van der Waals surface area contributed by atoms with E-state index < -0.39 is 0 Å². The van der Waals surface area contributed by atoms with E-state index in [1.165, 1.54) is 12.7 Å². The number of hydrogen-bond acceptors (Lipinski definition) is 2. The van der Waals surface area contributed by atoms with Crippen LogP contribution in [-0.4, -0.2) is 13.1 Å². The summed E-state index contributed by atoms with van der Waals surface area (Å²) in [6.45, 7) is 0. The number of benzene rings is 1. The molecule has 1 aromatic carbocycles. The molecule has 0 N–H and O–H groups in total. The van der Waals surface area contributed by atoms with Crippen LogP contribution in [0.2, 0.25) is 0 Å². The standard InChI is InChI=1S/C15H16O2/c1-17-15(16)14-12-8-7-11(9-12)13(14)10-5-3-2-4-6-10/h2-8,11-14H,9H2,1H3/t11-,12+,13-,14-/m1/s1. The van der Waals surface area contributed by atoms with E-state index in [4.69, 9.17) is 4.74 Å². The number of carbonyl (C=O) groups is 1. The fourth-order valence-corrected chi connectivity index (χ4v) is 3.41. The third kappa shape index (κ3) is 1.59. The molecular formula is C15H16O2. The molecule has 0 radical (unpaired) electrons. The normalized spacial score (nSPS) is 33.9. The molecule has 2 heteroatoms. The number of allylic oxidation sites excluding steroid dienone is 2. The fraction of sp³-hybridized carbons (Fsp3) is 0.400. The molecular weight excluding hydrogens is 212 g/mol. The van der Waals surface area contributed by atoms with Gasteiger partial charge in [0.2, 0.25) is 0 Å². The molecule has 0 aliphatic heterocycles. The van der Waals surface area contributed by atoms with Gasteiger partial charge in [-0.1, -0.05) is 42.5 Å². The van der Waals surface area contributed by atoms with Crippen LogP contribution >= 0.6 is 0 Å². The van der Waals surface area contributed by atoms with Crippen LogP contribution in [0.25, 0.3) is 0 Å². The molecule has 2 aliphatic rings. The Hall–Kier alpha value is -1.57. The van der Waals surface area contributed by atoms with Crippen LogP contribution < -0.4 is 0 Å². The van der Waals surface area contributed by atoms with Gasteiger partial charge in [-0.2, -0.15) is 0 Å². The molecule has 1 saturated carbocycles. The van der Waals surface area contributed by atoms with Gasteiger partial charge in [-0.3, -0.25) is 4.79 Å². The molecule has 4 atom stereocenters. The van der Waals surface area contributed by atoms with Gasteiger partial charge in [0, 0.05) is 5.92 Å². The predicted molar refractivity (Wildman–Crippen MR) is 65.4 cm³/mol. The van der Waals surface area contributed by atoms with Crippen molar-refractivity contribution in [3.63, 3.8) is 0 Å². The number of carbonyl (C=O) groups excluding carboxylic acids is 1. The highest BCUT2D eigenvalue weighted by Gasteiger charge is 2.49. The maximum Gasteiger partial charge on any atom is 0.309 e. The first-order valence-electron chi connectivity index (χ1n) is 6.12. The first kappa shape index (κ1) is 10.6. The van der Waals surface area contributed by atoms with Gasteiger partial charge in [0.15, 0.2) is 0 Å². The van der Waals surface area contributed by atoms with Crippen molar-refractivity contribution in [3.8, 4) is 0 Å². The largest absolute Gasteiger partial charge is 0.469 e. The van der Waals surface area contributed by atoms with Crippen molar-refractivity contribution < 1.29 is 9.53 Å². The maximum atomic E-state index is 11.9. The van der Waals surface area contributed by atoms with Crippen molar-refractivity contribution in [2.24, 2.45) is 17.8 Å². The molecule has 0 unspecified atom stereocenters. The average molecular weight is 228 g/mol. The van der Waals surface area contributed by atoms with E-state index >= 15 is 0 Å². The van der Waals surface area contributed by atoms with Crippen molar-refractivity contribution >= 4 is 5.97 Å². The summed E-state index contributed by atoms with van der Waals surface area (Å²) in [5.74, 6) is 1.14. The Morgan fingerprint density at radius 2 is 1.88 bits per heavy atom. The third-order valence-corrected chi connectivity index (χ3v) is 4.12. The summed E-state index contributed by atoms with van der Waals surface area (Å²) >= 11 is 0. The minimum Gasteiger partial charge on any atom is -0.469 e. The molecule has 88 valence electrons. The lowest BCUT2D eigenvalue weighted by atomic mass is 9.78. The Morgan fingerprint density at radius 1 is 1.18 bits per heavy atom. The van der Waals surface area contributed by atoms with Crippen molar-refractivity contribution in [1.82, 2.24) is 0 Å². The fourth-order valence-electron chi connectivity index (χ4n) is 3.41. The van der Waals surface area contributed by atoms with E-state index in [1.54, 1.807) is 0 Å². The summed E-state index contributed by atoms with van der Waals surface area (Å²) in [5.41, 5.74) is 1.26. The molecule has 2 bridgehead atoms. The lowest BCUT2D eigenvalue weighted by Crippen LogP contribution is -2.27. The smallest absolute Gasteiger partial charge is 0.309 e. The van der Waals surface area contributed by atoms with Gasteiger partial charge in [-0.15, -0.1) is 0 Å². The number of esters is 1. The minimum absolute atomic E-state index is 0.0115. The second-order valence-electron chi connectivity index (χ2n) is 4.93. The van der Waals surface area contributed by atoms with E-state index in [2.05, 4.69) is 24.3 Å². The van der Waals surface area contributed by atoms with Crippen LogP contribution in [0.3, 0.4) is 0 Å². The molecule has 0 aromatic heterocycles. The molecule has 0 heterocycles. The molecule has 2 nitrogen and oxygen atoms in total. The Morgan fingerprint density at radius 3 is 2.59 bits per heavy atom.